The number of carbonyl (C=O) groups excluding carboxylic acids is 1. The van der Waals surface area contributed by atoms with Gasteiger partial charge in [0.1, 0.15) is 0 Å². The highest BCUT2D eigenvalue weighted by molar-refractivity contribution is 5.94. The van der Waals surface area contributed by atoms with Crippen molar-refractivity contribution in [3.63, 3.8) is 0 Å². The predicted molar refractivity (Wildman–Crippen MR) is 29.8 cm³/mol. The number of carboxylic acids is 1. The highest BCUT2D eigenvalue weighted by Crippen LogP contribution is 2.17. The third-order valence-corrected chi connectivity index (χ3v) is 1.13. The average Bonchev–Trinajstić information content (AvgIpc) is 2.17. The molecule has 6 heteroatoms. The molecule has 1 rings (SSSR count). The van der Waals surface area contributed by atoms with E-state index in [1.54, 1.807) is 0 Å². The normalized spacial score (nSPS) is 23.6. The molecule has 0 aliphatic carbocycles. The lowest BCUT2D eigenvalue weighted by atomic mass is 10.3. The Bertz CT molecular complexity index is 252. The van der Waals surface area contributed by atoms with Crippen LogP contribution in [0, 0.1) is 0 Å². The third kappa shape index (κ3) is 0.977. The molecule has 1 atom stereocenters. The fourth-order valence-corrected chi connectivity index (χ4v) is 0.615. The van der Waals surface area contributed by atoms with Gasteiger partial charge in [0.05, 0.1) is 0 Å². The fourth-order valence-electron chi connectivity index (χ4n) is 0.615. The van der Waals surface area contributed by atoms with E-state index in [1.165, 1.54) is 0 Å². The summed E-state index contributed by atoms with van der Waals surface area (Å²) in [5.74, 6) is -4.75. The highest BCUT2D eigenvalue weighted by atomic mass is 16.6. The number of aliphatic hydroxyl groups is 2. The van der Waals surface area contributed by atoms with E-state index in [4.69, 9.17) is 15.3 Å². The molecule has 0 radical (unpaired) electrons. The molecular weight excluding hydrogens is 156 g/mol. The molecule has 0 fully saturated rings. The first-order valence-corrected chi connectivity index (χ1v) is 2.60. The van der Waals surface area contributed by atoms with E-state index in [1.807, 2.05) is 0 Å². The molecule has 0 aromatic carbocycles. The second kappa shape index (κ2) is 2.15. The summed E-state index contributed by atoms with van der Waals surface area (Å²) in [5.41, 5.74) is 0. The first kappa shape index (κ1) is 7.39. The largest absolute Gasteiger partial charge is 0.505 e. The maximum atomic E-state index is 10.3. The van der Waals surface area contributed by atoms with E-state index in [-0.39, 0.29) is 0 Å². The summed E-state index contributed by atoms with van der Waals surface area (Å²) in [6.45, 7) is 0. The SMILES string of the molecule is O=C1OC(C(=O)O)C(O)=C1O. The second-order valence-corrected chi connectivity index (χ2v) is 1.86. The van der Waals surface area contributed by atoms with Crippen molar-refractivity contribution in [2.75, 3.05) is 0 Å². The van der Waals surface area contributed by atoms with Crippen molar-refractivity contribution in [1.29, 1.82) is 0 Å². The first-order chi connectivity index (χ1) is 5.04. The summed E-state index contributed by atoms with van der Waals surface area (Å²) in [6.07, 6.45) is -1.76. The fraction of sp³-hybridized carbons (Fsp3) is 0.200. The van der Waals surface area contributed by atoms with Crippen molar-refractivity contribution in [2.24, 2.45) is 0 Å². The van der Waals surface area contributed by atoms with Gasteiger partial charge in [0.25, 0.3) is 6.10 Å². The van der Waals surface area contributed by atoms with Crippen molar-refractivity contribution in [3.05, 3.63) is 11.5 Å². The number of hydrogen-bond acceptors (Lipinski definition) is 5. The second-order valence-electron chi connectivity index (χ2n) is 1.86. The van der Waals surface area contributed by atoms with Gasteiger partial charge in [-0.25, -0.2) is 9.59 Å². The van der Waals surface area contributed by atoms with Crippen LogP contribution in [0.3, 0.4) is 0 Å². The van der Waals surface area contributed by atoms with Crippen molar-refractivity contribution in [1.82, 2.24) is 0 Å². The van der Waals surface area contributed by atoms with Gasteiger partial charge in [0, 0.05) is 0 Å². The minimum absolute atomic E-state index is 0.956. The Morgan fingerprint density at radius 3 is 2.18 bits per heavy atom. The van der Waals surface area contributed by atoms with Gasteiger partial charge < -0.3 is 20.1 Å². The van der Waals surface area contributed by atoms with Crippen molar-refractivity contribution < 1.29 is 29.6 Å². The molecule has 0 amide bonds. The maximum Gasteiger partial charge on any atom is 0.378 e. The molecule has 11 heavy (non-hydrogen) atoms. The molecule has 0 saturated carbocycles. The Morgan fingerprint density at radius 2 is 2.00 bits per heavy atom. The van der Waals surface area contributed by atoms with Gasteiger partial charge in [0.15, 0.2) is 5.76 Å². The van der Waals surface area contributed by atoms with Gasteiger partial charge in [-0.15, -0.1) is 0 Å². The van der Waals surface area contributed by atoms with E-state index in [0.29, 0.717) is 0 Å². The molecule has 1 aliphatic heterocycles. The molecule has 0 saturated heterocycles. The topological polar surface area (TPSA) is 104 Å². The molecule has 1 unspecified atom stereocenters. The lowest BCUT2D eigenvalue weighted by Gasteiger charge is -2.01. The van der Waals surface area contributed by atoms with E-state index >= 15 is 0 Å². The molecule has 60 valence electrons. The molecule has 3 N–H and O–H groups in total. The third-order valence-electron chi connectivity index (χ3n) is 1.13. The van der Waals surface area contributed by atoms with Crippen LogP contribution in [0.15, 0.2) is 11.5 Å². The number of aliphatic hydroxyl groups excluding tert-OH is 2. The number of rotatable bonds is 1. The summed E-state index contributed by atoms with van der Waals surface area (Å²) in [4.78, 5) is 20.5. The van der Waals surface area contributed by atoms with E-state index in [9.17, 15) is 9.59 Å². The van der Waals surface area contributed by atoms with Gasteiger partial charge in [-0.3, -0.25) is 0 Å². The Hall–Kier alpha value is -1.72. The standard InChI is InChI=1S/C5H4O6/c6-1-2(7)5(10)11-3(1)4(8)9/h3,6-7H,(H,8,9). The van der Waals surface area contributed by atoms with Crippen molar-refractivity contribution in [3.8, 4) is 0 Å². The molecule has 0 aromatic heterocycles. The summed E-state index contributed by atoms with van der Waals surface area (Å²) < 4.78 is 4.03. The smallest absolute Gasteiger partial charge is 0.378 e. The first-order valence-electron chi connectivity index (χ1n) is 2.60. The minimum atomic E-state index is -1.76. The molecule has 1 aliphatic rings. The lowest BCUT2D eigenvalue weighted by Crippen LogP contribution is -2.22. The number of cyclic esters (lactones) is 1. The Morgan fingerprint density at radius 1 is 1.45 bits per heavy atom. The molecule has 0 aromatic rings. The lowest BCUT2D eigenvalue weighted by molar-refractivity contribution is -0.157. The van der Waals surface area contributed by atoms with E-state index in [0.717, 1.165) is 0 Å². The van der Waals surface area contributed by atoms with Crippen LogP contribution in [-0.2, 0) is 14.3 Å². The highest BCUT2D eigenvalue weighted by Gasteiger charge is 2.39. The van der Waals surface area contributed by atoms with Crippen LogP contribution in [0.25, 0.3) is 0 Å². The van der Waals surface area contributed by atoms with Crippen LogP contribution in [0.2, 0.25) is 0 Å². The predicted octanol–water partition coefficient (Wildman–Crippen LogP) is -0.676. The molecular formula is C5H4O6. The Balaban J connectivity index is 2.95. The summed E-state index contributed by atoms with van der Waals surface area (Å²) >= 11 is 0. The van der Waals surface area contributed by atoms with E-state index in [2.05, 4.69) is 4.74 Å². The van der Waals surface area contributed by atoms with Gasteiger partial charge >= 0.3 is 11.9 Å². The molecule has 6 nitrogen and oxygen atoms in total. The number of carbonyl (C=O) groups is 2. The monoisotopic (exact) mass is 160 g/mol. The van der Waals surface area contributed by atoms with Gasteiger partial charge in [-0.1, -0.05) is 0 Å². The molecule has 0 bridgehead atoms. The quantitative estimate of drug-likeness (QED) is 0.439. The van der Waals surface area contributed by atoms with Crippen LogP contribution >= 0.6 is 0 Å². The van der Waals surface area contributed by atoms with Crippen molar-refractivity contribution >= 4 is 11.9 Å². The van der Waals surface area contributed by atoms with E-state index < -0.39 is 29.6 Å². The average molecular weight is 160 g/mol. The number of carboxylic acid groups (broad SMARTS) is 1. The van der Waals surface area contributed by atoms with Gasteiger partial charge in [0.2, 0.25) is 5.76 Å². The number of esters is 1. The molecule has 1 heterocycles. The van der Waals surface area contributed by atoms with Crippen LogP contribution < -0.4 is 0 Å². The van der Waals surface area contributed by atoms with Crippen LogP contribution in [0.5, 0.6) is 0 Å². The molecule has 0 spiro atoms. The Kier molecular flexibility index (Phi) is 1.45. The van der Waals surface area contributed by atoms with Crippen molar-refractivity contribution in [2.45, 2.75) is 6.10 Å². The summed E-state index contributed by atoms with van der Waals surface area (Å²) in [7, 11) is 0. The van der Waals surface area contributed by atoms with Crippen LogP contribution in [0.1, 0.15) is 0 Å². The summed E-state index contributed by atoms with van der Waals surface area (Å²) in [5, 5.41) is 25.5. The number of hydrogen-bond donors (Lipinski definition) is 3. The summed E-state index contributed by atoms with van der Waals surface area (Å²) in [6, 6.07) is 0. The zero-order valence-electron chi connectivity index (χ0n) is 5.14. The van der Waals surface area contributed by atoms with Gasteiger partial charge in [-0.2, -0.15) is 0 Å². The number of ether oxygens (including phenoxy) is 1. The van der Waals surface area contributed by atoms with Gasteiger partial charge in [-0.05, 0) is 0 Å². The zero-order chi connectivity index (χ0) is 8.59. The maximum absolute atomic E-state index is 10.3. The minimum Gasteiger partial charge on any atom is -0.505 e. The number of aliphatic carboxylic acids is 1. The van der Waals surface area contributed by atoms with Crippen LogP contribution in [0.4, 0.5) is 0 Å². The Labute approximate surface area is 60.3 Å². The zero-order valence-corrected chi connectivity index (χ0v) is 5.14. The van der Waals surface area contributed by atoms with Crippen LogP contribution in [-0.4, -0.2) is 33.4 Å².